The topological polar surface area (TPSA) is 52.6 Å². The summed E-state index contributed by atoms with van der Waals surface area (Å²) < 4.78 is 9.51. The Balaban J connectivity index is 2.17. The van der Waals surface area contributed by atoms with Crippen molar-refractivity contribution in [1.82, 2.24) is 0 Å². The van der Waals surface area contributed by atoms with Gasteiger partial charge < -0.3 is 9.47 Å². The van der Waals surface area contributed by atoms with E-state index < -0.39 is 11.9 Å². The van der Waals surface area contributed by atoms with Crippen molar-refractivity contribution in [2.24, 2.45) is 0 Å². The minimum Gasteiger partial charge on any atom is -0.465 e. The zero-order chi connectivity index (χ0) is 21.7. The van der Waals surface area contributed by atoms with Gasteiger partial charge in [-0.3, -0.25) is 0 Å². The molecular formula is C26H18O4. The first-order valence-corrected chi connectivity index (χ1v) is 9.01. The van der Waals surface area contributed by atoms with Gasteiger partial charge >= 0.3 is 11.9 Å². The molecule has 3 aromatic carbocycles. The maximum atomic E-state index is 11.7. The number of ether oxygens (including phenoxy) is 2. The maximum Gasteiger partial charge on any atom is 0.337 e. The molecule has 0 atom stereocenters. The number of hydrogen-bond donors (Lipinski definition) is 0. The largest absolute Gasteiger partial charge is 0.465 e. The van der Waals surface area contributed by atoms with Crippen LogP contribution in [0.4, 0.5) is 0 Å². The zero-order valence-corrected chi connectivity index (χ0v) is 16.6. The first kappa shape index (κ1) is 20.5. The van der Waals surface area contributed by atoms with Gasteiger partial charge in [-0.25, -0.2) is 9.59 Å². The number of terminal acetylenes is 2. The molecule has 0 aliphatic heterocycles. The molecule has 0 amide bonds. The van der Waals surface area contributed by atoms with Crippen LogP contribution in [-0.2, 0) is 9.47 Å². The SMILES string of the molecule is C#Cc1cc(-c2ccc(C(=O)OC)cc2)c(-c2ccc(C(=O)OC)cc2)cc1C#C. The van der Waals surface area contributed by atoms with Crippen molar-refractivity contribution >= 4 is 11.9 Å². The van der Waals surface area contributed by atoms with Gasteiger partial charge in [0.25, 0.3) is 0 Å². The molecule has 0 fully saturated rings. The van der Waals surface area contributed by atoms with Crippen LogP contribution in [0.1, 0.15) is 31.8 Å². The predicted molar refractivity (Wildman–Crippen MR) is 116 cm³/mol. The molecule has 3 rings (SSSR count). The highest BCUT2D eigenvalue weighted by Gasteiger charge is 2.14. The maximum absolute atomic E-state index is 11.7. The Kier molecular flexibility index (Phi) is 6.01. The molecule has 0 bridgehead atoms. The van der Waals surface area contributed by atoms with Crippen molar-refractivity contribution < 1.29 is 19.1 Å². The minimum atomic E-state index is -0.410. The van der Waals surface area contributed by atoms with Crippen molar-refractivity contribution in [2.45, 2.75) is 0 Å². The highest BCUT2D eigenvalue weighted by molar-refractivity contribution is 5.93. The van der Waals surface area contributed by atoms with Crippen LogP contribution in [0.2, 0.25) is 0 Å². The second-order valence-corrected chi connectivity index (χ2v) is 6.37. The fourth-order valence-electron chi connectivity index (χ4n) is 3.12. The summed E-state index contributed by atoms with van der Waals surface area (Å²) in [6.07, 6.45) is 11.3. The molecule has 0 saturated heterocycles. The molecular weight excluding hydrogens is 376 g/mol. The van der Waals surface area contributed by atoms with E-state index in [0.717, 1.165) is 22.3 Å². The molecule has 0 aliphatic rings. The summed E-state index contributed by atoms with van der Waals surface area (Å²) in [6.45, 7) is 0. The highest BCUT2D eigenvalue weighted by atomic mass is 16.5. The first-order valence-electron chi connectivity index (χ1n) is 9.01. The second kappa shape index (κ2) is 8.82. The van der Waals surface area contributed by atoms with Crippen molar-refractivity contribution in [2.75, 3.05) is 14.2 Å². The number of benzene rings is 3. The normalized spacial score (nSPS) is 9.87. The molecule has 4 heteroatoms. The lowest BCUT2D eigenvalue weighted by atomic mass is 9.89. The number of carbonyl (C=O) groups is 2. The van der Waals surface area contributed by atoms with Gasteiger partial charge in [-0.2, -0.15) is 0 Å². The van der Waals surface area contributed by atoms with E-state index in [1.165, 1.54) is 14.2 Å². The highest BCUT2D eigenvalue weighted by Crippen LogP contribution is 2.35. The van der Waals surface area contributed by atoms with Crippen molar-refractivity contribution in [3.63, 3.8) is 0 Å². The monoisotopic (exact) mass is 394 g/mol. The Morgan fingerprint density at radius 3 is 1.27 bits per heavy atom. The molecule has 0 spiro atoms. The molecule has 30 heavy (non-hydrogen) atoms. The van der Waals surface area contributed by atoms with Crippen LogP contribution >= 0.6 is 0 Å². The Morgan fingerprint density at radius 2 is 1.00 bits per heavy atom. The fraction of sp³-hybridized carbons (Fsp3) is 0.0769. The lowest BCUT2D eigenvalue weighted by Crippen LogP contribution is -2.01. The lowest BCUT2D eigenvalue weighted by Gasteiger charge is -2.14. The van der Waals surface area contributed by atoms with E-state index >= 15 is 0 Å². The number of rotatable bonds is 4. The number of hydrogen-bond acceptors (Lipinski definition) is 4. The smallest absolute Gasteiger partial charge is 0.337 e. The third-order valence-electron chi connectivity index (χ3n) is 4.70. The molecule has 0 saturated carbocycles. The van der Waals surface area contributed by atoms with E-state index in [9.17, 15) is 9.59 Å². The fourth-order valence-corrected chi connectivity index (χ4v) is 3.12. The van der Waals surface area contributed by atoms with E-state index in [2.05, 4.69) is 11.8 Å². The first-order chi connectivity index (χ1) is 14.5. The second-order valence-electron chi connectivity index (χ2n) is 6.37. The van der Waals surface area contributed by atoms with Crippen LogP contribution in [0.5, 0.6) is 0 Å². The molecule has 0 N–H and O–H groups in total. The quantitative estimate of drug-likeness (QED) is 0.481. The Hall–Kier alpha value is -4.28. The molecule has 4 nitrogen and oxygen atoms in total. The molecule has 146 valence electrons. The number of carbonyl (C=O) groups excluding carboxylic acids is 2. The summed E-state index contributed by atoms with van der Waals surface area (Å²) in [4.78, 5) is 23.5. The van der Waals surface area contributed by atoms with Crippen LogP contribution in [0.15, 0.2) is 60.7 Å². The van der Waals surface area contributed by atoms with Crippen molar-refractivity contribution in [1.29, 1.82) is 0 Å². The number of esters is 2. The lowest BCUT2D eigenvalue weighted by molar-refractivity contribution is 0.0592. The predicted octanol–water partition coefficient (Wildman–Crippen LogP) is 4.56. The van der Waals surface area contributed by atoms with Gasteiger partial charge in [0.2, 0.25) is 0 Å². The van der Waals surface area contributed by atoms with E-state index in [-0.39, 0.29) is 0 Å². The van der Waals surface area contributed by atoms with Crippen LogP contribution in [-0.4, -0.2) is 26.2 Å². The standard InChI is InChI=1S/C26H18O4/c1-5-17-15-23(19-7-11-21(12-8-19)25(27)29-3)24(16-18(17)6-2)20-9-13-22(14-10-20)26(28)30-4/h1-2,7-16H,3-4H3. The van der Waals surface area contributed by atoms with Crippen LogP contribution in [0.25, 0.3) is 22.3 Å². The Bertz CT molecular complexity index is 1090. The van der Waals surface area contributed by atoms with E-state index in [0.29, 0.717) is 22.3 Å². The van der Waals surface area contributed by atoms with Gasteiger partial charge in [-0.05, 0) is 58.7 Å². The molecule has 0 radical (unpaired) electrons. The third kappa shape index (κ3) is 3.94. The van der Waals surface area contributed by atoms with Gasteiger partial charge in [0.15, 0.2) is 0 Å². The minimum absolute atomic E-state index is 0.410. The van der Waals surface area contributed by atoms with E-state index in [1.807, 2.05) is 36.4 Å². The van der Waals surface area contributed by atoms with Crippen molar-refractivity contribution in [3.8, 4) is 46.9 Å². The number of methoxy groups -OCH3 is 2. The average Bonchev–Trinajstić information content (AvgIpc) is 2.82. The molecule has 0 aliphatic carbocycles. The van der Waals surface area contributed by atoms with Crippen LogP contribution < -0.4 is 0 Å². The molecule has 0 aromatic heterocycles. The van der Waals surface area contributed by atoms with E-state index in [4.69, 9.17) is 22.3 Å². The van der Waals surface area contributed by atoms with Gasteiger partial charge in [0.05, 0.1) is 25.3 Å². The van der Waals surface area contributed by atoms with E-state index in [1.54, 1.807) is 24.3 Å². The van der Waals surface area contributed by atoms with Gasteiger partial charge in [0, 0.05) is 11.1 Å². The Morgan fingerprint density at radius 1 is 0.667 bits per heavy atom. The summed E-state index contributed by atoms with van der Waals surface area (Å²) in [5, 5.41) is 0. The summed E-state index contributed by atoms with van der Waals surface area (Å²) in [7, 11) is 2.67. The van der Waals surface area contributed by atoms with Crippen LogP contribution in [0.3, 0.4) is 0 Å². The zero-order valence-electron chi connectivity index (χ0n) is 16.6. The summed E-state index contributed by atoms with van der Waals surface area (Å²) in [5.41, 5.74) is 5.50. The molecule has 3 aromatic rings. The van der Waals surface area contributed by atoms with Gasteiger partial charge in [-0.15, -0.1) is 12.8 Å². The van der Waals surface area contributed by atoms with Gasteiger partial charge in [-0.1, -0.05) is 36.1 Å². The summed E-state index contributed by atoms with van der Waals surface area (Å²) >= 11 is 0. The Labute approximate surface area is 175 Å². The van der Waals surface area contributed by atoms with Gasteiger partial charge in [0.1, 0.15) is 0 Å². The summed E-state index contributed by atoms with van der Waals surface area (Å²) in [6, 6.07) is 17.8. The summed E-state index contributed by atoms with van der Waals surface area (Å²) in [5.74, 6) is 4.44. The third-order valence-corrected chi connectivity index (χ3v) is 4.70. The molecule has 0 heterocycles. The average molecular weight is 394 g/mol. The van der Waals surface area contributed by atoms with Crippen molar-refractivity contribution in [3.05, 3.63) is 82.9 Å². The van der Waals surface area contributed by atoms with Crippen LogP contribution in [0, 0.1) is 24.7 Å². The molecule has 0 unspecified atom stereocenters.